The number of unbranched alkanes of at least 4 members (excludes halogenated alkanes) is 9. The van der Waals surface area contributed by atoms with E-state index >= 15 is 0 Å². The molecule has 0 bridgehead atoms. The van der Waals surface area contributed by atoms with Gasteiger partial charge in [0.1, 0.15) is 11.5 Å². The minimum absolute atomic E-state index is 0. The summed E-state index contributed by atoms with van der Waals surface area (Å²) >= 11 is 1.72. The van der Waals surface area contributed by atoms with Crippen LogP contribution in [0.2, 0.25) is 0 Å². The molecule has 0 atom stereocenters. The number of hydrogen-bond donors (Lipinski definition) is 1. The number of benzene rings is 2. The zero-order chi connectivity index (χ0) is 29.5. The first-order valence-electron chi connectivity index (χ1n) is 15.5. The number of nitrogens with one attached hydrogen (secondary N) is 1. The molecule has 3 rings (SSSR count). The summed E-state index contributed by atoms with van der Waals surface area (Å²) in [6.45, 7) is 12.3. The van der Waals surface area contributed by atoms with Crippen molar-refractivity contribution in [2.24, 2.45) is 0 Å². The summed E-state index contributed by atoms with van der Waals surface area (Å²) in [5, 5.41) is 2.97. The second-order valence-corrected chi connectivity index (χ2v) is 13.2. The van der Waals surface area contributed by atoms with E-state index in [2.05, 4.69) is 68.3 Å². The van der Waals surface area contributed by atoms with Crippen molar-refractivity contribution in [2.45, 2.75) is 111 Å². The van der Waals surface area contributed by atoms with Crippen LogP contribution >= 0.6 is 11.3 Å². The molecule has 0 aliphatic rings. The average Bonchev–Trinajstić information content (AvgIpc) is 3.34. The Morgan fingerprint density at radius 3 is 2.24 bits per heavy atom. The number of aromatic nitrogens is 1. The molecule has 0 radical (unpaired) electrons. The van der Waals surface area contributed by atoms with Crippen LogP contribution in [0.1, 0.15) is 108 Å². The lowest BCUT2D eigenvalue weighted by Crippen LogP contribution is -3.00. The summed E-state index contributed by atoms with van der Waals surface area (Å²) in [6.07, 6.45) is 15.2. The lowest BCUT2D eigenvalue weighted by atomic mass is 9.86. The van der Waals surface area contributed by atoms with Gasteiger partial charge in [-0.3, -0.25) is 4.79 Å². The zero-order valence-electron chi connectivity index (χ0n) is 26.3. The molecule has 0 fully saturated rings. The van der Waals surface area contributed by atoms with Gasteiger partial charge < -0.3 is 31.8 Å². The van der Waals surface area contributed by atoms with E-state index in [0.29, 0.717) is 12.4 Å². The average molecular weight is 660 g/mol. The normalized spacial score (nSPS) is 11.2. The van der Waals surface area contributed by atoms with Gasteiger partial charge in [-0.25, -0.2) is 0 Å². The molecule has 0 saturated heterocycles. The quantitative estimate of drug-likeness (QED) is 0.135. The number of rotatable bonds is 18. The van der Waals surface area contributed by atoms with Gasteiger partial charge in [-0.2, -0.15) is 4.57 Å². The van der Waals surface area contributed by atoms with Gasteiger partial charge in [0.15, 0.2) is 19.3 Å². The number of halogens is 1. The Labute approximate surface area is 268 Å². The standard InChI is InChI=1S/C35H50N2O3S.BrH/c1-6-7-8-9-10-11-12-13-14-15-21-39-33-23-31(19-20-32(33)35(3,4)5)40-26-34(38)36-30-18-16-17-29(22-30)25-37-24-28(2)41-27-37;/h16-20,22-24,27H,6-15,21,25-26H2,1-5H3;1H. The van der Waals surface area contributed by atoms with Crippen molar-refractivity contribution in [3.05, 3.63) is 70.2 Å². The Morgan fingerprint density at radius 1 is 0.905 bits per heavy atom. The van der Waals surface area contributed by atoms with E-state index in [1.807, 2.05) is 30.3 Å². The number of thiazole rings is 1. The number of anilines is 1. The van der Waals surface area contributed by atoms with Gasteiger partial charge in [-0.1, -0.05) is 115 Å². The maximum Gasteiger partial charge on any atom is 0.262 e. The van der Waals surface area contributed by atoms with Gasteiger partial charge in [0.05, 0.1) is 11.5 Å². The van der Waals surface area contributed by atoms with Crippen LogP contribution < -0.4 is 36.3 Å². The predicted octanol–water partition coefficient (Wildman–Crippen LogP) is 6.01. The van der Waals surface area contributed by atoms with Crippen molar-refractivity contribution >= 4 is 22.9 Å². The third-order valence-electron chi connectivity index (χ3n) is 7.18. The number of carbonyl (C=O) groups excluding carboxylic acids is 1. The molecule has 0 aliphatic carbocycles. The fourth-order valence-corrected chi connectivity index (χ4v) is 5.57. The molecule has 5 nitrogen and oxygen atoms in total. The van der Waals surface area contributed by atoms with Crippen molar-refractivity contribution < 1.29 is 35.8 Å². The second kappa shape index (κ2) is 19.0. The highest BCUT2D eigenvalue weighted by Crippen LogP contribution is 2.34. The molecule has 0 saturated carbocycles. The molecule has 7 heteroatoms. The molecule has 1 heterocycles. The molecule has 0 aliphatic heterocycles. The maximum absolute atomic E-state index is 12.7. The van der Waals surface area contributed by atoms with Gasteiger partial charge in [0.25, 0.3) is 5.91 Å². The molecular formula is C35H51BrN2O3S. The van der Waals surface area contributed by atoms with Crippen molar-refractivity contribution in [1.29, 1.82) is 0 Å². The van der Waals surface area contributed by atoms with E-state index in [1.54, 1.807) is 11.3 Å². The van der Waals surface area contributed by atoms with E-state index in [9.17, 15) is 4.79 Å². The topological polar surface area (TPSA) is 51.4 Å². The Morgan fingerprint density at radius 2 is 1.60 bits per heavy atom. The van der Waals surface area contributed by atoms with E-state index in [-0.39, 0.29) is 34.9 Å². The largest absolute Gasteiger partial charge is 1.00 e. The Bertz CT molecular complexity index is 1200. The van der Waals surface area contributed by atoms with Gasteiger partial charge in [-0.05, 0) is 42.5 Å². The molecule has 0 spiro atoms. The van der Waals surface area contributed by atoms with Crippen LogP contribution in [0.3, 0.4) is 0 Å². The van der Waals surface area contributed by atoms with Gasteiger partial charge in [0, 0.05) is 17.3 Å². The third kappa shape index (κ3) is 13.3. The van der Waals surface area contributed by atoms with Crippen LogP contribution in [0.4, 0.5) is 5.69 Å². The van der Waals surface area contributed by atoms with Crippen LogP contribution in [-0.4, -0.2) is 19.1 Å². The maximum atomic E-state index is 12.7. The fraction of sp³-hybridized carbons (Fsp3) is 0.543. The molecule has 1 N–H and O–H groups in total. The highest BCUT2D eigenvalue weighted by molar-refractivity contribution is 7.09. The molecule has 3 aromatic rings. The summed E-state index contributed by atoms with van der Waals surface area (Å²) in [7, 11) is 0. The van der Waals surface area contributed by atoms with Crippen LogP contribution in [0.5, 0.6) is 11.5 Å². The van der Waals surface area contributed by atoms with Gasteiger partial charge in [-0.15, -0.1) is 0 Å². The number of amides is 1. The Balaban J connectivity index is 0.00000616. The van der Waals surface area contributed by atoms with Crippen LogP contribution in [0, 0.1) is 6.92 Å². The third-order valence-corrected chi connectivity index (χ3v) is 8.04. The van der Waals surface area contributed by atoms with E-state index < -0.39 is 0 Å². The summed E-state index contributed by atoms with van der Waals surface area (Å²) in [6, 6.07) is 13.9. The molecule has 1 aromatic heterocycles. The number of nitrogens with zero attached hydrogens (tertiary/aromatic N) is 1. The van der Waals surface area contributed by atoms with Crippen LogP contribution in [0.15, 0.2) is 54.2 Å². The summed E-state index contributed by atoms with van der Waals surface area (Å²) in [5.74, 6) is 1.30. The fourth-order valence-electron chi connectivity index (χ4n) is 4.94. The zero-order valence-corrected chi connectivity index (χ0v) is 28.7. The summed E-state index contributed by atoms with van der Waals surface area (Å²) in [5.41, 5.74) is 5.11. The first-order valence-corrected chi connectivity index (χ1v) is 16.4. The lowest BCUT2D eigenvalue weighted by molar-refractivity contribution is -0.683. The minimum Gasteiger partial charge on any atom is -1.00 e. The van der Waals surface area contributed by atoms with Crippen molar-refractivity contribution in [2.75, 3.05) is 18.5 Å². The van der Waals surface area contributed by atoms with Crippen molar-refractivity contribution in [3.63, 3.8) is 0 Å². The van der Waals surface area contributed by atoms with Crippen molar-refractivity contribution in [1.82, 2.24) is 0 Å². The summed E-state index contributed by atoms with van der Waals surface area (Å²) < 4.78 is 14.3. The monoisotopic (exact) mass is 658 g/mol. The Kier molecular flexibility index (Phi) is 16.2. The van der Waals surface area contributed by atoms with Gasteiger partial charge >= 0.3 is 0 Å². The number of aryl methyl sites for hydroxylation is 1. The highest BCUT2D eigenvalue weighted by atomic mass is 79.9. The van der Waals surface area contributed by atoms with E-state index in [4.69, 9.17) is 9.47 Å². The molecule has 2 aromatic carbocycles. The highest BCUT2D eigenvalue weighted by Gasteiger charge is 2.20. The first kappa shape index (κ1) is 35.8. The second-order valence-electron chi connectivity index (χ2n) is 12.1. The lowest BCUT2D eigenvalue weighted by Gasteiger charge is -2.23. The number of ether oxygens (including phenoxy) is 2. The molecule has 232 valence electrons. The molecular weight excluding hydrogens is 608 g/mol. The van der Waals surface area contributed by atoms with E-state index in [1.165, 1.54) is 62.7 Å². The first-order chi connectivity index (χ1) is 19.7. The minimum atomic E-state index is -0.186. The molecule has 42 heavy (non-hydrogen) atoms. The predicted molar refractivity (Wildman–Crippen MR) is 171 cm³/mol. The number of hydrogen-bond acceptors (Lipinski definition) is 4. The van der Waals surface area contributed by atoms with Crippen molar-refractivity contribution in [3.8, 4) is 11.5 Å². The number of carbonyl (C=O) groups is 1. The van der Waals surface area contributed by atoms with E-state index in [0.717, 1.165) is 35.5 Å². The van der Waals surface area contributed by atoms with Gasteiger partial charge in [0.2, 0.25) is 5.51 Å². The SMILES string of the molecule is CCCCCCCCCCCCOc1cc(OCC(=O)Nc2cccc(C[n+]3csc(C)c3)c2)ccc1C(C)(C)C.[Br-]. The molecule has 0 unspecified atom stereocenters. The smallest absolute Gasteiger partial charge is 0.262 e. The van der Waals surface area contributed by atoms with Crippen LogP contribution in [0.25, 0.3) is 0 Å². The molecule has 1 amide bonds. The summed E-state index contributed by atoms with van der Waals surface area (Å²) in [4.78, 5) is 14.0. The Hall–Kier alpha value is -2.38. The van der Waals surface area contributed by atoms with Crippen LogP contribution in [-0.2, 0) is 16.8 Å².